The van der Waals surface area contributed by atoms with Gasteiger partial charge in [-0.25, -0.2) is 0 Å². The van der Waals surface area contributed by atoms with Crippen LogP contribution in [0.2, 0.25) is 0 Å². The minimum Gasteiger partial charge on any atom is -0.361 e. The van der Waals surface area contributed by atoms with Gasteiger partial charge >= 0.3 is 0 Å². The van der Waals surface area contributed by atoms with Gasteiger partial charge in [-0.1, -0.05) is 32.4 Å². The van der Waals surface area contributed by atoms with Crippen LogP contribution in [0.1, 0.15) is 56.3 Å². The van der Waals surface area contributed by atoms with Crippen molar-refractivity contribution in [3.63, 3.8) is 0 Å². The molecule has 2 aromatic rings. The number of H-pyrrole nitrogens is 1. The Hall–Kier alpha value is -2.34. The second kappa shape index (κ2) is 8.89. The fourth-order valence-electron chi connectivity index (χ4n) is 6.45. The molecule has 0 radical (unpaired) electrons. The second-order valence-electron chi connectivity index (χ2n) is 10.5. The fraction of sp³-hybridized carbons (Fsp3) is 0.615. The third kappa shape index (κ3) is 4.05. The zero-order chi connectivity index (χ0) is 22.2. The predicted molar refractivity (Wildman–Crippen MR) is 126 cm³/mol. The summed E-state index contributed by atoms with van der Waals surface area (Å²) in [6.07, 6.45) is 7.37. The number of nitrogens with zero attached hydrogens (tertiary/aromatic N) is 2. The van der Waals surface area contributed by atoms with Gasteiger partial charge in [-0.15, -0.1) is 0 Å². The van der Waals surface area contributed by atoms with E-state index >= 15 is 0 Å². The highest BCUT2D eigenvalue weighted by molar-refractivity contribution is 6.05. The third-order valence-corrected chi connectivity index (χ3v) is 7.83. The Labute approximate surface area is 190 Å². The van der Waals surface area contributed by atoms with Crippen molar-refractivity contribution >= 4 is 22.7 Å². The van der Waals surface area contributed by atoms with Crippen LogP contribution in [0.25, 0.3) is 10.9 Å². The second-order valence-corrected chi connectivity index (χ2v) is 10.5. The smallest absolute Gasteiger partial charge is 0.256 e. The molecule has 32 heavy (non-hydrogen) atoms. The van der Waals surface area contributed by atoms with Crippen LogP contribution in [0.3, 0.4) is 0 Å². The maximum absolute atomic E-state index is 13.6. The first-order valence-corrected chi connectivity index (χ1v) is 12.4. The summed E-state index contributed by atoms with van der Waals surface area (Å²) >= 11 is 0. The van der Waals surface area contributed by atoms with E-state index in [9.17, 15) is 9.59 Å². The van der Waals surface area contributed by atoms with E-state index in [4.69, 9.17) is 0 Å². The number of carbonyl (C=O) groups excluding carboxylic acids is 2. The number of aromatic nitrogens is 1. The SMILES string of the molecule is CC(C)CC(=O)NC[C@H]1[C@H]2C[C@H](CN(C(=O)c3cccc4cc[nH]c34)C2)[C@@H]2CCCCN21. The zero-order valence-electron chi connectivity index (χ0n) is 19.3. The molecule has 0 saturated carbocycles. The number of aromatic amines is 1. The van der Waals surface area contributed by atoms with Gasteiger partial charge in [0.15, 0.2) is 0 Å². The van der Waals surface area contributed by atoms with Crippen molar-refractivity contribution in [3.05, 3.63) is 36.0 Å². The Morgan fingerprint density at radius 2 is 2.00 bits per heavy atom. The summed E-state index contributed by atoms with van der Waals surface area (Å²) in [5.74, 6) is 1.60. The average Bonchev–Trinajstić information content (AvgIpc) is 3.27. The first kappa shape index (κ1) is 21.5. The molecular formula is C26H36N4O2. The molecule has 6 nitrogen and oxygen atoms in total. The molecule has 3 aliphatic heterocycles. The maximum atomic E-state index is 13.6. The molecule has 3 aliphatic rings. The molecule has 0 aliphatic carbocycles. The number of hydrogen-bond donors (Lipinski definition) is 2. The van der Waals surface area contributed by atoms with Crippen LogP contribution in [0.15, 0.2) is 30.5 Å². The number of hydrogen-bond acceptors (Lipinski definition) is 3. The lowest BCUT2D eigenvalue weighted by Gasteiger charge is -2.56. The van der Waals surface area contributed by atoms with Crippen LogP contribution in [-0.2, 0) is 4.79 Å². The Kier molecular flexibility index (Phi) is 5.97. The van der Waals surface area contributed by atoms with Gasteiger partial charge in [0.1, 0.15) is 0 Å². The van der Waals surface area contributed by atoms with Crippen molar-refractivity contribution in [2.75, 3.05) is 26.2 Å². The van der Waals surface area contributed by atoms with Gasteiger partial charge < -0.3 is 15.2 Å². The summed E-state index contributed by atoms with van der Waals surface area (Å²) < 4.78 is 0. The van der Waals surface area contributed by atoms with Gasteiger partial charge in [-0.3, -0.25) is 14.5 Å². The molecule has 1 aromatic carbocycles. The minimum absolute atomic E-state index is 0.139. The molecule has 4 heterocycles. The van der Waals surface area contributed by atoms with Crippen LogP contribution in [0, 0.1) is 17.8 Å². The molecule has 0 unspecified atom stereocenters. The highest BCUT2D eigenvalue weighted by atomic mass is 16.2. The molecular weight excluding hydrogens is 400 g/mol. The summed E-state index contributed by atoms with van der Waals surface area (Å²) in [5.41, 5.74) is 1.71. The van der Waals surface area contributed by atoms with Crippen molar-refractivity contribution < 1.29 is 9.59 Å². The van der Waals surface area contributed by atoms with Crippen LogP contribution < -0.4 is 5.32 Å². The van der Waals surface area contributed by atoms with Gasteiger partial charge in [0, 0.05) is 49.7 Å². The van der Waals surface area contributed by atoms with Crippen LogP contribution in [0.4, 0.5) is 0 Å². The Balaban J connectivity index is 1.36. The van der Waals surface area contributed by atoms with Crippen LogP contribution in [-0.4, -0.2) is 64.9 Å². The molecule has 0 spiro atoms. The quantitative estimate of drug-likeness (QED) is 0.752. The molecule has 3 saturated heterocycles. The zero-order valence-corrected chi connectivity index (χ0v) is 19.3. The van der Waals surface area contributed by atoms with Crippen molar-refractivity contribution in [2.45, 2.75) is 58.0 Å². The number of rotatable bonds is 5. The Bertz CT molecular complexity index is 983. The highest BCUT2D eigenvalue weighted by Gasteiger charge is 2.48. The Morgan fingerprint density at radius 3 is 2.84 bits per heavy atom. The lowest BCUT2D eigenvalue weighted by Crippen LogP contribution is -2.66. The fourth-order valence-corrected chi connectivity index (χ4v) is 6.45. The maximum Gasteiger partial charge on any atom is 0.256 e. The highest BCUT2D eigenvalue weighted by Crippen LogP contribution is 2.41. The lowest BCUT2D eigenvalue weighted by atomic mass is 9.72. The first-order valence-electron chi connectivity index (χ1n) is 12.4. The number of amides is 2. The monoisotopic (exact) mass is 436 g/mol. The number of piperidine rings is 3. The molecule has 2 amide bonds. The van der Waals surface area contributed by atoms with Crippen molar-refractivity contribution in [1.82, 2.24) is 20.1 Å². The topological polar surface area (TPSA) is 68.4 Å². The Morgan fingerprint density at radius 1 is 1.16 bits per heavy atom. The lowest BCUT2D eigenvalue weighted by molar-refractivity contribution is -0.123. The van der Waals surface area contributed by atoms with E-state index in [1.807, 2.05) is 30.5 Å². The average molecular weight is 437 g/mol. The number of nitrogens with one attached hydrogen (secondary N) is 2. The summed E-state index contributed by atoms with van der Waals surface area (Å²) in [7, 11) is 0. The van der Waals surface area contributed by atoms with Crippen LogP contribution in [0.5, 0.6) is 0 Å². The summed E-state index contributed by atoms with van der Waals surface area (Å²) in [5, 5.41) is 4.31. The molecule has 5 rings (SSSR count). The molecule has 6 heteroatoms. The van der Waals surface area contributed by atoms with Crippen molar-refractivity contribution in [3.8, 4) is 0 Å². The number of benzene rings is 1. The van der Waals surface area contributed by atoms with Gasteiger partial charge in [-0.2, -0.15) is 0 Å². The molecule has 4 atom stereocenters. The van der Waals surface area contributed by atoms with E-state index in [0.717, 1.165) is 36.1 Å². The molecule has 2 bridgehead atoms. The van der Waals surface area contributed by atoms with Gasteiger partial charge in [-0.05, 0) is 55.7 Å². The van der Waals surface area contributed by atoms with E-state index in [0.29, 0.717) is 42.8 Å². The van der Waals surface area contributed by atoms with Crippen molar-refractivity contribution in [2.24, 2.45) is 17.8 Å². The normalized spacial score (nSPS) is 28.0. The summed E-state index contributed by atoms with van der Waals surface area (Å²) in [6, 6.07) is 8.84. The standard InChI is InChI=1S/C26H36N4O2/c1-17(2)12-24(31)28-14-23-20-13-19(22-8-3-4-11-30(22)23)15-29(16-20)26(32)21-7-5-6-18-9-10-27-25(18)21/h5-7,9-10,17,19-20,22-23,27H,3-4,8,11-16H2,1-2H3,(H,28,31)/t19-,20+,22+,23+/m1/s1. The summed E-state index contributed by atoms with van der Waals surface area (Å²) in [4.78, 5) is 34.1. The van der Waals surface area contributed by atoms with Gasteiger partial charge in [0.2, 0.25) is 5.91 Å². The van der Waals surface area contributed by atoms with Crippen molar-refractivity contribution in [1.29, 1.82) is 0 Å². The predicted octanol–water partition coefficient (Wildman–Crippen LogP) is 3.65. The van der Waals surface area contributed by atoms with E-state index in [2.05, 4.69) is 33.9 Å². The number of carbonyl (C=O) groups is 2. The van der Waals surface area contributed by atoms with E-state index in [1.54, 1.807) is 0 Å². The molecule has 172 valence electrons. The molecule has 2 N–H and O–H groups in total. The van der Waals surface area contributed by atoms with E-state index < -0.39 is 0 Å². The van der Waals surface area contributed by atoms with Gasteiger partial charge in [0.25, 0.3) is 5.91 Å². The van der Waals surface area contributed by atoms with E-state index in [-0.39, 0.29) is 11.8 Å². The molecule has 3 fully saturated rings. The first-order chi connectivity index (χ1) is 15.5. The largest absolute Gasteiger partial charge is 0.361 e. The van der Waals surface area contributed by atoms with E-state index in [1.165, 1.54) is 25.7 Å². The summed E-state index contributed by atoms with van der Waals surface area (Å²) in [6.45, 7) is 7.62. The minimum atomic E-state index is 0.139. The van der Waals surface area contributed by atoms with Crippen LogP contribution >= 0.6 is 0 Å². The third-order valence-electron chi connectivity index (χ3n) is 7.83. The number of fused-ring (bicyclic) bond motifs is 5. The number of likely N-dealkylation sites (tertiary alicyclic amines) is 1. The molecule has 1 aromatic heterocycles. The van der Waals surface area contributed by atoms with Gasteiger partial charge in [0.05, 0.1) is 11.1 Å². The number of para-hydroxylation sites is 1.